The van der Waals surface area contributed by atoms with Crippen LogP contribution in [0.4, 0.5) is 19.0 Å². The highest BCUT2D eigenvalue weighted by atomic mass is 19.4. The first kappa shape index (κ1) is 13.8. The van der Waals surface area contributed by atoms with E-state index < -0.39 is 12.7 Å². The second-order valence-electron chi connectivity index (χ2n) is 3.69. The van der Waals surface area contributed by atoms with Gasteiger partial charge in [0.15, 0.2) is 0 Å². The van der Waals surface area contributed by atoms with E-state index in [4.69, 9.17) is 5.73 Å². The summed E-state index contributed by atoms with van der Waals surface area (Å²) in [5.74, 6) is 0.339. The first-order valence-corrected chi connectivity index (χ1v) is 5.43. The fourth-order valence-corrected chi connectivity index (χ4v) is 1.49. The topological polar surface area (TPSA) is 42.1 Å². The number of anilines is 1. The van der Waals surface area contributed by atoms with E-state index in [0.717, 1.165) is 5.56 Å². The maximum atomic E-state index is 12.3. The van der Waals surface area contributed by atoms with Gasteiger partial charge in [0.1, 0.15) is 12.4 Å². The number of hydrogen-bond donors (Lipinski definition) is 1. The lowest BCUT2D eigenvalue weighted by atomic mass is 10.2. The summed E-state index contributed by atoms with van der Waals surface area (Å²) in [7, 11) is 0. The van der Waals surface area contributed by atoms with Crippen molar-refractivity contribution in [3.8, 4) is 0 Å². The molecule has 6 heteroatoms. The molecule has 0 saturated carbocycles. The fraction of sp³-hybridized carbons (Fsp3) is 0.545. The number of nitrogens with zero attached hydrogens (tertiary/aromatic N) is 2. The standard InChI is InChI=1S/C11H16F3N3/c1-2-17(8-11(12,13)14)10-4-3-9(5-6-15)7-16-10/h3-4,7H,2,5-6,8,15H2,1H3. The van der Waals surface area contributed by atoms with Gasteiger partial charge in [0, 0.05) is 12.7 Å². The lowest BCUT2D eigenvalue weighted by Gasteiger charge is -2.23. The number of alkyl halides is 3. The molecule has 2 N–H and O–H groups in total. The average Bonchev–Trinajstić information content (AvgIpc) is 2.26. The number of nitrogens with two attached hydrogens (primary N) is 1. The summed E-state index contributed by atoms with van der Waals surface area (Å²) < 4.78 is 36.9. The molecule has 0 spiro atoms. The molecule has 0 aliphatic carbocycles. The molecule has 0 aliphatic rings. The molecular formula is C11H16F3N3. The number of rotatable bonds is 5. The Morgan fingerprint density at radius 3 is 2.47 bits per heavy atom. The number of halogens is 3. The van der Waals surface area contributed by atoms with Crippen LogP contribution in [0.1, 0.15) is 12.5 Å². The summed E-state index contributed by atoms with van der Waals surface area (Å²) >= 11 is 0. The van der Waals surface area contributed by atoms with Crippen LogP contribution in [-0.4, -0.2) is 30.8 Å². The van der Waals surface area contributed by atoms with Crippen LogP contribution >= 0.6 is 0 Å². The highest BCUT2D eigenvalue weighted by molar-refractivity contribution is 5.39. The van der Waals surface area contributed by atoms with Crippen molar-refractivity contribution >= 4 is 5.82 Å². The van der Waals surface area contributed by atoms with E-state index in [-0.39, 0.29) is 6.54 Å². The Labute approximate surface area is 98.4 Å². The molecule has 1 aromatic rings. The molecule has 0 saturated heterocycles. The Bertz CT molecular complexity index is 335. The fourth-order valence-electron chi connectivity index (χ4n) is 1.49. The zero-order valence-corrected chi connectivity index (χ0v) is 9.67. The lowest BCUT2D eigenvalue weighted by Crippen LogP contribution is -2.34. The van der Waals surface area contributed by atoms with Gasteiger partial charge in [-0.3, -0.25) is 0 Å². The molecule has 0 radical (unpaired) electrons. The summed E-state index contributed by atoms with van der Waals surface area (Å²) in [5.41, 5.74) is 6.31. The smallest absolute Gasteiger partial charge is 0.348 e. The van der Waals surface area contributed by atoms with Crippen molar-refractivity contribution < 1.29 is 13.2 Å². The molecule has 1 heterocycles. The Balaban J connectivity index is 2.75. The van der Waals surface area contributed by atoms with Gasteiger partial charge in [0.05, 0.1) is 0 Å². The summed E-state index contributed by atoms with van der Waals surface area (Å²) in [4.78, 5) is 5.21. The van der Waals surface area contributed by atoms with Crippen molar-refractivity contribution in [2.24, 2.45) is 5.73 Å². The minimum absolute atomic E-state index is 0.267. The van der Waals surface area contributed by atoms with Crippen LogP contribution in [0.5, 0.6) is 0 Å². The molecule has 1 rings (SSSR count). The molecule has 3 nitrogen and oxygen atoms in total. The minimum atomic E-state index is -4.21. The van der Waals surface area contributed by atoms with Crippen molar-refractivity contribution in [1.29, 1.82) is 0 Å². The molecule has 0 atom stereocenters. The monoisotopic (exact) mass is 247 g/mol. The number of hydrogen-bond acceptors (Lipinski definition) is 3. The maximum Gasteiger partial charge on any atom is 0.405 e. The number of aromatic nitrogens is 1. The molecule has 1 aromatic heterocycles. The molecule has 0 amide bonds. The van der Waals surface area contributed by atoms with Crippen molar-refractivity contribution in [2.75, 3.05) is 24.5 Å². The molecule has 0 fully saturated rings. The van der Waals surface area contributed by atoms with E-state index in [1.54, 1.807) is 25.3 Å². The van der Waals surface area contributed by atoms with Crippen molar-refractivity contribution in [3.05, 3.63) is 23.9 Å². The second-order valence-corrected chi connectivity index (χ2v) is 3.69. The van der Waals surface area contributed by atoms with Gasteiger partial charge in [-0.05, 0) is 31.5 Å². The maximum absolute atomic E-state index is 12.3. The number of pyridine rings is 1. The van der Waals surface area contributed by atoms with E-state index in [9.17, 15) is 13.2 Å². The Kier molecular flexibility index (Phi) is 4.74. The first-order chi connectivity index (χ1) is 7.96. The van der Waals surface area contributed by atoms with Crippen LogP contribution in [0.2, 0.25) is 0 Å². The van der Waals surface area contributed by atoms with Gasteiger partial charge in [-0.15, -0.1) is 0 Å². The molecule has 17 heavy (non-hydrogen) atoms. The third-order valence-corrected chi connectivity index (χ3v) is 2.32. The predicted molar refractivity (Wildman–Crippen MR) is 60.9 cm³/mol. The third-order valence-electron chi connectivity index (χ3n) is 2.32. The quantitative estimate of drug-likeness (QED) is 0.865. The SMILES string of the molecule is CCN(CC(F)(F)F)c1ccc(CCN)cn1. The van der Waals surface area contributed by atoms with Crippen LogP contribution in [0.25, 0.3) is 0 Å². The normalized spacial score (nSPS) is 11.6. The molecule has 0 aliphatic heterocycles. The Morgan fingerprint density at radius 1 is 1.35 bits per heavy atom. The van der Waals surface area contributed by atoms with Crippen LogP contribution in [0.3, 0.4) is 0 Å². The van der Waals surface area contributed by atoms with Crippen LogP contribution in [0.15, 0.2) is 18.3 Å². The zero-order chi connectivity index (χ0) is 12.9. The van der Waals surface area contributed by atoms with Gasteiger partial charge in [0.2, 0.25) is 0 Å². The Hall–Kier alpha value is -1.30. The van der Waals surface area contributed by atoms with Crippen molar-refractivity contribution in [3.63, 3.8) is 0 Å². The summed E-state index contributed by atoms with van der Waals surface area (Å²) in [6, 6.07) is 3.36. The lowest BCUT2D eigenvalue weighted by molar-refractivity contribution is -0.119. The van der Waals surface area contributed by atoms with E-state index in [0.29, 0.717) is 18.8 Å². The third kappa shape index (κ3) is 4.60. The van der Waals surface area contributed by atoms with Crippen molar-refractivity contribution in [1.82, 2.24) is 4.98 Å². The zero-order valence-electron chi connectivity index (χ0n) is 9.67. The van der Waals surface area contributed by atoms with Crippen LogP contribution in [0, 0.1) is 0 Å². The highest BCUT2D eigenvalue weighted by Gasteiger charge is 2.30. The van der Waals surface area contributed by atoms with Gasteiger partial charge < -0.3 is 10.6 Å². The van der Waals surface area contributed by atoms with Gasteiger partial charge in [-0.1, -0.05) is 6.07 Å². The van der Waals surface area contributed by atoms with Crippen LogP contribution < -0.4 is 10.6 Å². The second kappa shape index (κ2) is 5.86. The average molecular weight is 247 g/mol. The van der Waals surface area contributed by atoms with E-state index in [2.05, 4.69) is 4.98 Å². The predicted octanol–water partition coefficient (Wildman–Crippen LogP) is 1.97. The largest absolute Gasteiger partial charge is 0.405 e. The van der Waals surface area contributed by atoms with Gasteiger partial charge in [0.25, 0.3) is 0 Å². The molecular weight excluding hydrogens is 231 g/mol. The Morgan fingerprint density at radius 2 is 2.06 bits per heavy atom. The van der Waals surface area contributed by atoms with E-state index >= 15 is 0 Å². The highest BCUT2D eigenvalue weighted by Crippen LogP contribution is 2.20. The molecule has 0 unspecified atom stereocenters. The molecule has 96 valence electrons. The first-order valence-electron chi connectivity index (χ1n) is 5.43. The summed E-state index contributed by atoms with van der Waals surface area (Å²) in [5, 5.41) is 0. The van der Waals surface area contributed by atoms with Gasteiger partial charge >= 0.3 is 6.18 Å². The van der Waals surface area contributed by atoms with E-state index in [1.807, 2.05) is 0 Å². The minimum Gasteiger partial charge on any atom is -0.348 e. The molecule has 0 bridgehead atoms. The van der Waals surface area contributed by atoms with Crippen molar-refractivity contribution in [2.45, 2.75) is 19.5 Å². The van der Waals surface area contributed by atoms with E-state index in [1.165, 1.54) is 4.90 Å². The summed E-state index contributed by atoms with van der Waals surface area (Å²) in [6.07, 6.45) is -1.96. The van der Waals surface area contributed by atoms with Gasteiger partial charge in [-0.2, -0.15) is 13.2 Å². The van der Waals surface area contributed by atoms with Crippen LogP contribution in [-0.2, 0) is 6.42 Å². The van der Waals surface area contributed by atoms with Gasteiger partial charge in [-0.25, -0.2) is 4.98 Å². The molecule has 0 aromatic carbocycles. The summed E-state index contributed by atoms with van der Waals surface area (Å²) in [6.45, 7) is 1.46.